The molecule has 2 heterocycles. The first kappa shape index (κ1) is 13.3. The van der Waals surface area contributed by atoms with Crippen molar-refractivity contribution in [3.8, 4) is 0 Å². The van der Waals surface area contributed by atoms with Crippen molar-refractivity contribution in [1.29, 1.82) is 0 Å². The zero-order valence-electron chi connectivity index (χ0n) is 11.2. The zero-order valence-corrected chi connectivity index (χ0v) is 11.2. The van der Waals surface area contributed by atoms with E-state index in [1.807, 2.05) is 0 Å². The van der Waals surface area contributed by atoms with Crippen LogP contribution in [0.15, 0.2) is 0 Å². The van der Waals surface area contributed by atoms with E-state index < -0.39 is 0 Å². The van der Waals surface area contributed by atoms with E-state index in [1.165, 1.54) is 45.6 Å². The van der Waals surface area contributed by atoms with Crippen LogP contribution in [0.1, 0.15) is 12.8 Å². The Labute approximate surface area is 105 Å². The molecular weight excluding hydrogens is 214 g/mol. The van der Waals surface area contributed by atoms with Crippen LogP contribution < -0.4 is 5.32 Å². The van der Waals surface area contributed by atoms with Crippen molar-refractivity contribution in [3.05, 3.63) is 0 Å². The highest BCUT2D eigenvalue weighted by Crippen LogP contribution is 2.11. The van der Waals surface area contributed by atoms with E-state index in [4.69, 9.17) is 4.74 Å². The zero-order chi connectivity index (χ0) is 11.9. The predicted molar refractivity (Wildman–Crippen MR) is 70.3 cm³/mol. The topological polar surface area (TPSA) is 27.7 Å². The quantitative estimate of drug-likeness (QED) is 0.766. The standard InChI is InChI=1S/C13H27N3O/c1-15-9-10-17-12-13(11-15)3-7-16-6-2-4-14-5-8-16/h13-14H,2-12H2,1H3. The van der Waals surface area contributed by atoms with Crippen molar-refractivity contribution in [2.24, 2.45) is 5.92 Å². The second-order valence-corrected chi connectivity index (χ2v) is 5.44. The van der Waals surface area contributed by atoms with Gasteiger partial charge >= 0.3 is 0 Å². The fourth-order valence-corrected chi connectivity index (χ4v) is 2.72. The van der Waals surface area contributed by atoms with Gasteiger partial charge in [-0.1, -0.05) is 0 Å². The van der Waals surface area contributed by atoms with E-state index in [1.54, 1.807) is 0 Å². The molecular formula is C13H27N3O. The monoisotopic (exact) mass is 241 g/mol. The second-order valence-electron chi connectivity index (χ2n) is 5.44. The molecule has 17 heavy (non-hydrogen) atoms. The Bertz CT molecular complexity index is 205. The van der Waals surface area contributed by atoms with Gasteiger partial charge in [0.1, 0.15) is 0 Å². The summed E-state index contributed by atoms with van der Waals surface area (Å²) in [6.45, 7) is 10.2. The van der Waals surface area contributed by atoms with Crippen molar-refractivity contribution >= 4 is 0 Å². The summed E-state index contributed by atoms with van der Waals surface area (Å²) in [5.74, 6) is 0.721. The van der Waals surface area contributed by atoms with Gasteiger partial charge in [-0.15, -0.1) is 0 Å². The number of nitrogens with zero attached hydrogens (tertiary/aromatic N) is 2. The van der Waals surface area contributed by atoms with E-state index in [-0.39, 0.29) is 0 Å². The fraction of sp³-hybridized carbons (Fsp3) is 1.00. The molecule has 2 rings (SSSR count). The maximum absolute atomic E-state index is 5.67. The van der Waals surface area contributed by atoms with Crippen LogP contribution in [0.3, 0.4) is 0 Å². The van der Waals surface area contributed by atoms with Crippen LogP contribution in [0, 0.1) is 5.92 Å². The summed E-state index contributed by atoms with van der Waals surface area (Å²) in [6, 6.07) is 0. The molecule has 4 nitrogen and oxygen atoms in total. The first-order chi connectivity index (χ1) is 8.34. The number of likely N-dealkylation sites (N-methyl/N-ethyl adjacent to an activating group) is 1. The Morgan fingerprint density at radius 1 is 1.24 bits per heavy atom. The highest BCUT2D eigenvalue weighted by molar-refractivity contribution is 4.71. The first-order valence-corrected chi connectivity index (χ1v) is 7.04. The number of hydrogen-bond donors (Lipinski definition) is 1. The summed E-state index contributed by atoms with van der Waals surface area (Å²) < 4.78 is 5.67. The summed E-state index contributed by atoms with van der Waals surface area (Å²) in [4.78, 5) is 5.01. The molecule has 2 saturated heterocycles. The highest BCUT2D eigenvalue weighted by atomic mass is 16.5. The lowest BCUT2D eigenvalue weighted by molar-refractivity contribution is 0.115. The molecule has 0 aliphatic carbocycles. The molecule has 4 heteroatoms. The molecule has 0 aromatic carbocycles. The van der Waals surface area contributed by atoms with Gasteiger partial charge in [-0.2, -0.15) is 0 Å². The summed E-state index contributed by atoms with van der Waals surface area (Å²) in [7, 11) is 2.21. The van der Waals surface area contributed by atoms with Gasteiger partial charge in [0.2, 0.25) is 0 Å². The van der Waals surface area contributed by atoms with Crippen molar-refractivity contribution in [2.45, 2.75) is 12.8 Å². The number of ether oxygens (including phenoxy) is 1. The van der Waals surface area contributed by atoms with Crippen LogP contribution in [-0.4, -0.2) is 75.9 Å². The Morgan fingerprint density at radius 2 is 2.18 bits per heavy atom. The molecule has 100 valence electrons. The average molecular weight is 241 g/mol. The molecule has 1 N–H and O–H groups in total. The normalized spacial score (nSPS) is 29.8. The van der Waals surface area contributed by atoms with Crippen LogP contribution in [0.25, 0.3) is 0 Å². The predicted octanol–water partition coefficient (Wildman–Crippen LogP) is 0.250. The van der Waals surface area contributed by atoms with Crippen LogP contribution in [0.4, 0.5) is 0 Å². The molecule has 1 atom stereocenters. The molecule has 0 radical (unpaired) electrons. The van der Waals surface area contributed by atoms with Gasteiger partial charge in [0, 0.05) is 26.2 Å². The van der Waals surface area contributed by atoms with Gasteiger partial charge < -0.3 is 19.9 Å². The molecule has 1 unspecified atom stereocenters. The SMILES string of the molecule is CN1CCOCC(CCN2CCCNCC2)C1. The minimum Gasteiger partial charge on any atom is -0.380 e. The number of nitrogens with one attached hydrogen (secondary N) is 1. The van der Waals surface area contributed by atoms with Crippen molar-refractivity contribution in [2.75, 3.05) is 66.1 Å². The maximum atomic E-state index is 5.67. The first-order valence-electron chi connectivity index (χ1n) is 7.04. The lowest BCUT2D eigenvalue weighted by atomic mass is 10.1. The van der Waals surface area contributed by atoms with Gasteiger partial charge in [-0.05, 0) is 45.4 Å². The molecule has 0 aromatic rings. The molecule has 2 aliphatic heterocycles. The van der Waals surface area contributed by atoms with Crippen LogP contribution in [-0.2, 0) is 4.74 Å². The molecule has 0 amide bonds. The third-order valence-corrected chi connectivity index (χ3v) is 3.83. The van der Waals surface area contributed by atoms with E-state index >= 15 is 0 Å². The lowest BCUT2D eigenvalue weighted by Crippen LogP contribution is -2.32. The second kappa shape index (κ2) is 7.31. The van der Waals surface area contributed by atoms with E-state index in [0.29, 0.717) is 0 Å². The molecule has 0 saturated carbocycles. The minimum atomic E-state index is 0.721. The number of hydrogen-bond acceptors (Lipinski definition) is 4. The largest absolute Gasteiger partial charge is 0.380 e. The maximum Gasteiger partial charge on any atom is 0.0593 e. The molecule has 2 fully saturated rings. The van der Waals surface area contributed by atoms with Gasteiger partial charge in [0.05, 0.1) is 13.2 Å². The fourth-order valence-electron chi connectivity index (χ4n) is 2.72. The third kappa shape index (κ3) is 4.92. The molecule has 0 spiro atoms. The average Bonchev–Trinajstić information content (AvgIpc) is 2.68. The van der Waals surface area contributed by atoms with Crippen molar-refractivity contribution < 1.29 is 4.74 Å². The van der Waals surface area contributed by atoms with Gasteiger partial charge in [0.15, 0.2) is 0 Å². The Hall–Kier alpha value is -0.160. The van der Waals surface area contributed by atoms with Crippen LogP contribution >= 0.6 is 0 Å². The highest BCUT2D eigenvalue weighted by Gasteiger charge is 2.17. The van der Waals surface area contributed by atoms with Crippen molar-refractivity contribution in [1.82, 2.24) is 15.1 Å². The van der Waals surface area contributed by atoms with E-state index in [9.17, 15) is 0 Å². The third-order valence-electron chi connectivity index (χ3n) is 3.83. The summed E-state index contributed by atoms with van der Waals surface area (Å²) in [5.41, 5.74) is 0. The molecule has 0 aromatic heterocycles. The molecule has 2 aliphatic rings. The molecule has 0 bridgehead atoms. The van der Waals surface area contributed by atoms with E-state index in [0.717, 1.165) is 32.2 Å². The minimum absolute atomic E-state index is 0.721. The lowest BCUT2D eigenvalue weighted by Gasteiger charge is -2.24. The van der Waals surface area contributed by atoms with Crippen LogP contribution in [0.2, 0.25) is 0 Å². The Kier molecular flexibility index (Phi) is 5.71. The summed E-state index contributed by atoms with van der Waals surface area (Å²) in [5, 5.41) is 3.46. The van der Waals surface area contributed by atoms with Crippen molar-refractivity contribution in [3.63, 3.8) is 0 Å². The van der Waals surface area contributed by atoms with Gasteiger partial charge in [-0.25, -0.2) is 0 Å². The summed E-state index contributed by atoms with van der Waals surface area (Å²) >= 11 is 0. The van der Waals surface area contributed by atoms with Gasteiger partial charge in [-0.3, -0.25) is 0 Å². The number of rotatable bonds is 3. The van der Waals surface area contributed by atoms with E-state index in [2.05, 4.69) is 22.2 Å². The smallest absolute Gasteiger partial charge is 0.0593 e. The summed E-state index contributed by atoms with van der Waals surface area (Å²) in [6.07, 6.45) is 2.57. The Morgan fingerprint density at radius 3 is 3.12 bits per heavy atom. The Balaban J connectivity index is 1.68. The van der Waals surface area contributed by atoms with Gasteiger partial charge in [0.25, 0.3) is 0 Å². The van der Waals surface area contributed by atoms with Crippen LogP contribution in [0.5, 0.6) is 0 Å².